The van der Waals surface area contributed by atoms with Crippen LogP contribution >= 0.6 is 11.3 Å². The average molecular weight is 314 g/mol. The van der Waals surface area contributed by atoms with Crippen molar-refractivity contribution < 1.29 is 13.6 Å². The molecule has 1 aromatic heterocycles. The molecule has 0 aliphatic heterocycles. The van der Waals surface area contributed by atoms with Crippen LogP contribution in [-0.4, -0.2) is 23.2 Å². The lowest BCUT2D eigenvalue weighted by Crippen LogP contribution is -2.37. The number of carbonyl (C=O) groups excluding carboxylic acids is 1. The largest absolute Gasteiger partial charge is 0.369 e. The average Bonchev–Trinajstić information content (AvgIpc) is 2.82. The maximum Gasteiger partial charge on any atom is 0.225 e. The Morgan fingerprint density at radius 1 is 1.29 bits per heavy atom. The van der Waals surface area contributed by atoms with Gasteiger partial charge in [0.1, 0.15) is 12.3 Å². The molecule has 1 amide bonds. The lowest BCUT2D eigenvalue weighted by molar-refractivity contribution is -0.119. The Kier molecular flexibility index (Phi) is 3.99. The first kappa shape index (κ1) is 14.9. The molecular formula is C15H20F2N2OS. The number of primary amides is 1. The van der Waals surface area contributed by atoms with Gasteiger partial charge < -0.3 is 5.73 Å². The molecule has 1 saturated carbocycles. The zero-order valence-corrected chi connectivity index (χ0v) is 12.8. The predicted molar refractivity (Wildman–Crippen MR) is 77.9 cm³/mol. The number of nitrogens with zero attached hydrogens (tertiary/aromatic N) is 1. The SMILES string of the molecule is Cc1nc2c(s1)C(C(N)=O)CCC2C1CCCC(F)C1F. The summed E-state index contributed by atoms with van der Waals surface area (Å²) in [5, 5.41) is 0.862. The minimum absolute atomic E-state index is 0.0749. The molecule has 2 N–H and O–H groups in total. The summed E-state index contributed by atoms with van der Waals surface area (Å²) in [5.41, 5.74) is 6.27. The van der Waals surface area contributed by atoms with Crippen molar-refractivity contribution in [1.82, 2.24) is 4.98 Å². The lowest BCUT2D eigenvalue weighted by atomic mass is 9.70. The number of hydrogen-bond acceptors (Lipinski definition) is 3. The van der Waals surface area contributed by atoms with E-state index in [0.717, 1.165) is 22.0 Å². The van der Waals surface area contributed by atoms with E-state index >= 15 is 0 Å². The number of amides is 1. The van der Waals surface area contributed by atoms with Crippen molar-refractivity contribution in [2.75, 3.05) is 0 Å². The summed E-state index contributed by atoms with van der Waals surface area (Å²) in [4.78, 5) is 17.0. The summed E-state index contributed by atoms with van der Waals surface area (Å²) < 4.78 is 28.0. The Labute approximate surface area is 126 Å². The highest BCUT2D eigenvalue weighted by molar-refractivity contribution is 7.11. The number of aryl methyl sites for hydroxylation is 1. The van der Waals surface area contributed by atoms with Gasteiger partial charge in [-0.25, -0.2) is 13.8 Å². The number of rotatable bonds is 2. The molecule has 3 nitrogen and oxygen atoms in total. The van der Waals surface area contributed by atoms with Crippen molar-refractivity contribution in [3.8, 4) is 0 Å². The highest BCUT2D eigenvalue weighted by Crippen LogP contribution is 2.49. The van der Waals surface area contributed by atoms with Gasteiger partial charge >= 0.3 is 0 Å². The first-order valence-corrected chi connectivity index (χ1v) is 8.35. The van der Waals surface area contributed by atoms with Gasteiger partial charge in [0, 0.05) is 16.7 Å². The van der Waals surface area contributed by atoms with E-state index in [2.05, 4.69) is 4.98 Å². The van der Waals surface area contributed by atoms with Crippen molar-refractivity contribution in [1.29, 1.82) is 0 Å². The van der Waals surface area contributed by atoms with E-state index in [0.29, 0.717) is 25.7 Å². The molecule has 1 heterocycles. The van der Waals surface area contributed by atoms with Crippen LogP contribution in [0.1, 0.15) is 59.5 Å². The Hall–Kier alpha value is -1.04. The molecule has 116 valence electrons. The molecule has 2 aliphatic rings. The van der Waals surface area contributed by atoms with Crippen molar-refractivity contribution in [2.24, 2.45) is 11.7 Å². The number of hydrogen-bond donors (Lipinski definition) is 1. The van der Waals surface area contributed by atoms with E-state index in [1.54, 1.807) is 0 Å². The monoisotopic (exact) mass is 314 g/mol. The fraction of sp³-hybridized carbons (Fsp3) is 0.733. The molecular weight excluding hydrogens is 294 g/mol. The van der Waals surface area contributed by atoms with Gasteiger partial charge in [0.2, 0.25) is 5.91 Å². The molecule has 5 atom stereocenters. The van der Waals surface area contributed by atoms with Crippen LogP contribution in [-0.2, 0) is 4.79 Å². The van der Waals surface area contributed by atoms with E-state index < -0.39 is 12.3 Å². The third-order valence-corrected chi connectivity index (χ3v) is 5.95. The summed E-state index contributed by atoms with van der Waals surface area (Å²) >= 11 is 1.47. The maximum absolute atomic E-state index is 14.3. The summed E-state index contributed by atoms with van der Waals surface area (Å²) in [6, 6.07) is 0. The molecule has 21 heavy (non-hydrogen) atoms. The molecule has 3 rings (SSSR count). The molecule has 0 spiro atoms. The van der Waals surface area contributed by atoms with Crippen LogP contribution in [0.3, 0.4) is 0 Å². The second-order valence-corrected chi connectivity index (χ2v) is 7.41. The Morgan fingerprint density at radius 3 is 2.76 bits per heavy atom. The molecule has 0 radical (unpaired) electrons. The number of nitrogens with two attached hydrogens (primary N) is 1. The van der Waals surface area contributed by atoms with Crippen LogP contribution in [0.4, 0.5) is 8.78 Å². The van der Waals surface area contributed by atoms with Gasteiger partial charge in [-0.1, -0.05) is 6.42 Å². The van der Waals surface area contributed by atoms with Gasteiger partial charge in [-0.2, -0.15) is 0 Å². The summed E-state index contributed by atoms with van der Waals surface area (Å²) in [6.07, 6.45) is 0.252. The molecule has 2 aliphatic carbocycles. The van der Waals surface area contributed by atoms with E-state index in [4.69, 9.17) is 5.73 Å². The number of halogens is 2. The molecule has 6 heteroatoms. The number of carbonyl (C=O) groups is 1. The first-order valence-electron chi connectivity index (χ1n) is 7.53. The fourth-order valence-electron chi connectivity index (χ4n) is 3.83. The molecule has 1 fully saturated rings. The number of alkyl halides is 2. The Morgan fingerprint density at radius 2 is 2.05 bits per heavy atom. The first-order chi connectivity index (χ1) is 9.99. The van der Waals surface area contributed by atoms with Crippen LogP contribution in [0.15, 0.2) is 0 Å². The smallest absolute Gasteiger partial charge is 0.225 e. The predicted octanol–water partition coefficient (Wildman–Crippen LogP) is 3.37. The quantitative estimate of drug-likeness (QED) is 0.910. The van der Waals surface area contributed by atoms with Crippen molar-refractivity contribution in [3.05, 3.63) is 15.6 Å². The number of aromatic nitrogens is 1. The fourth-order valence-corrected chi connectivity index (χ4v) is 4.98. The third kappa shape index (κ3) is 2.58. The van der Waals surface area contributed by atoms with E-state index in [1.807, 2.05) is 6.92 Å². The third-order valence-electron chi connectivity index (χ3n) is 4.85. The Bertz CT molecular complexity index is 548. The molecule has 0 bridgehead atoms. The summed E-state index contributed by atoms with van der Waals surface area (Å²) in [6.45, 7) is 1.88. The zero-order chi connectivity index (χ0) is 15.1. The standard InChI is InChI=1S/C15H20F2N2OS/c1-7-19-13-9(8-3-2-4-11(16)12(8)17)5-6-10(15(18)20)14(13)21-7/h8-12H,2-6H2,1H3,(H2,18,20). The van der Waals surface area contributed by atoms with Gasteiger partial charge in [-0.3, -0.25) is 4.79 Å². The second kappa shape index (κ2) is 5.63. The highest BCUT2D eigenvalue weighted by atomic mass is 32.1. The van der Waals surface area contributed by atoms with Gasteiger partial charge in [0.15, 0.2) is 0 Å². The number of thiazole rings is 1. The van der Waals surface area contributed by atoms with E-state index in [-0.39, 0.29) is 23.7 Å². The minimum Gasteiger partial charge on any atom is -0.369 e. The normalized spacial score (nSPS) is 36.2. The van der Waals surface area contributed by atoms with Crippen LogP contribution in [0, 0.1) is 12.8 Å². The van der Waals surface area contributed by atoms with E-state index in [1.165, 1.54) is 11.3 Å². The van der Waals surface area contributed by atoms with Crippen LogP contribution < -0.4 is 5.73 Å². The number of fused-ring (bicyclic) bond motifs is 1. The van der Waals surface area contributed by atoms with Gasteiger partial charge in [-0.15, -0.1) is 11.3 Å². The van der Waals surface area contributed by atoms with E-state index in [9.17, 15) is 13.6 Å². The summed E-state index contributed by atoms with van der Waals surface area (Å²) in [7, 11) is 0. The van der Waals surface area contributed by atoms with Gasteiger partial charge in [0.05, 0.1) is 16.6 Å². The van der Waals surface area contributed by atoms with Gasteiger partial charge in [0.25, 0.3) is 0 Å². The van der Waals surface area contributed by atoms with Crippen molar-refractivity contribution in [2.45, 2.75) is 63.2 Å². The van der Waals surface area contributed by atoms with Crippen LogP contribution in [0.25, 0.3) is 0 Å². The topological polar surface area (TPSA) is 56.0 Å². The Balaban J connectivity index is 1.94. The lowest BCUT2D eigenvalue weighted by Gasteiger charge is -2.37. The van der Waals surface area contributed by atoms with Gasteiger partial charge in [-0.05, 0) is 32.6 Å². The highest BCUT2D eigenvalue weighted by Gasteiger charge is 2.43. The van der Waals surface area contributed by atoms with Crippen LogP contribution in [0.2, 0.25) is 0 Å². The zero-order valence-electron chi connectivity index (χ0n) is 12.0. The molecule has 1 aromatic rings. The second-order valence-electron chi connectivity index (χ2n) is 6.18. The molecule has 0 saturated heterocycles. The van der Waals surface area contributed by atoms with Crippen molar-refractivity contribution in [3.63, 3.8) is 0 Å². The minimum atomic E-state index is -1.41. The maximum atomic E-state index is 14.3. The van der Waals surface area contributed by atoms with Crippen LogP contribution in [0.5, 0.6) is 0 Å². The summed E-state index contributed by atoms with van der Waals surface area (Å²) in [5.74, 6) is -1.05. The molecule has 5 unspecified atom stereocenters. The van der Waals surface area contributed by atoms with Crippen molar-refractivity contribution >= 4 is 17.2 Å². The molecule has 0 aromatic carbocycles.